The first kappa shape index (κ1) is 15.3. The molecule has 0 aliphatic rings. The van der Waals surface area contributed by atoms with Gasteiger partial charge in [0.2, 0.25) is 0 Å². The van der Waals surface area contributed by atoms with E-state index >= 15 is 0 Å². The summed E-state index contributed by atoms with van der Waals surface area (Å²) in [5.41, 5.74) is 0.719. The van der Waals surface area contributed by atoms with E-state index in [0.717, 1.165) is 22.1 Å². The van der Waals surface area contributed by atoms with Crippen molar-refractivity contribution in [2.45, 2.75) is 6.04 Å². The molecule has 0 aliphatic heterocycles. The molecule has 5 nitrogen and oxygen atoms in total. The van der Waals surface area contributed by atoms with E-state index in [-0.39, 0.29) is 0 Å². The Labute approximate surface area is 123 Å². The average Bonchev–Trinajstić information content (AvgIpc) is 2.50. The highest BCUT2D eigenvalue weighted by molar-refractivity contribution is 5.86. The lowest BCUT2D eigenvalue weighted by atomic mass is 10.0. The molecule has 1 unspecified atom stereocenters. The van der Waals surface area contributed by atoms with Crippen molar-refractivity contribution in [1.29, 1.82) is 0 Å². The number of methoxy groups -OCH3 is 2. The van der Waals surface area contributed by atoms with Gasteiger partial charge in [-0.15, -0.1) is 0 Å². The second kappa shape index (κ2) is 7.06. The molecule has 2 aromatic carbocycles. The Balaban J connectivity index is 2.28. The maximum absolute atomic E-state index is 11.4. The zero-order chi connectivity index (χ0) is 15.2. The van der Waals surface area contributed by atoms with Crippen molar-refractivity contribution in [3.05, 3.63) is 42.0 Å². The van der Waals surface area contributed by atoms with Crippen LogP contribution in [-0.4, -0.2) is 38.4 Å². The Morgan fingerprint density at radius 2 is 1.90 bits per heavy atom. The standard InChI is InChI=1S/C16H19NO4/c1-20-8-7-17-15(16(18)19)13-4-3-12-10-14(21-2)6-5-11(12)9-13/h3-6,9-10,15,17H,7-8H2,1-2H3,(H,18,19). The summed E-state index contributed by atoms with van der Waals surface area (Å²) in [6.45, 7) is 0.947. The number of fused-ring (bicyclic) bond motifs is 1. The van der Waals surface area contributed by atoms with E-state index in [0.29, 0.717) is 13.2 Å². The summed E-state index contributed by atoms with van der Waals surface area (Å²) in [5.74, 6) is -0.123. The summed E-state index contributed by atoms with van der Waals surface area (Å²) >= 11 is 0. The molecule has 0 heterocycles. The van der Waals surface area contributed by atoms with Gasteiger partial charge in [0.15, 0.2) is 0 Å². The predicted octanol–water partition coefficient (Wildman–Crippen LogP) is 2.21. The first-order valence-corrected chi connectivity index (χ1v) is 6.68. The molecule has 2 aromatic rings. The van der Waals surface area contributed by atoms with Gasteiger partial charge in [-0.1, -0.05) is 18.2 Å². The summed E-state index contributed by atoms with van der Waals surface area (Å²) in [7, 11) is 3.20. The molecule has 2 rings (SSSR count). The van der Waals surface area contributed by atoms with Gasteiger partial charge < -0.3 is 14.6 Å². The quantitative estimate of drug-likeness (QED) is 0.765. The Hall–Kier alpha value is -2.11. The van der Waals surface area contributed by atoms with Gasteiger partial charge in [-0.25, -0.2) is 0 Å². The Bertz CT molecular complexity index is 627. The fourth-order valence-electron chi connectivity index (χ4n) is 2.20. The van der Waals surface area contributed by atoms with E-state index in [2.05, 4.69) is 5.32 Å². The number of carboxylic acids is 1. The van der Waals surface area contributed by atoms with Crippen molar-refractivity contribution in [2.24, 2.45) is 0 Å². The molecule has 0 aliphatic carbocycles. The van der Waals surface area contributed by atoms with Crippen LogP contribution in [-0.2, 0) is 9.53 Å². The van der Waals surface area contributed by atoms with Crippen molar-refractivity contribution in [3.8, 4) is 5.75 Å². The highest BCUT2D eigenvalue weighted by Gasteiger charge is 2.19. The molecular weight excluding hydrogens is 270 g/mol. The molecule has 0 spiro atoms. The van der Waals surface area contributed by atoms with E-state index in [1.807, 2.05) is 36.4 Å². The SMILES string of the molecule is COCCNC(C(=O)O)c1ccc2cc(OC)ccc2c1. The molecule has 0 saturated carbocycles. The largest absolute Gasteiger partial charge is 0.497 e. The molecule has 0 fully saturated rings. The Kier molecular flexibility index (Phi) is 5.14. The highest BCUT2D eigenvalue weighted by Crippen LogP contribution is 2.24. The summed E-state index contributed by atoms with van der Waals surface area (Å²) < 4.78 is 10.1. The number of rotatable bonds is 7. The van der Waals surface area contributed by atoms with Crippen LogP contribution in [0.3, 0.4) is 0 Å². The number of hydrogen-bond donors (Lipinski definition) is 2. The van der Waals surface area contributed by atoms with E-state index in [4.69, 9.17) is 9.47 Å². The minimum Gasteiger partial charge on any atom is -0.497 e. The van der Waals surface area contributed by atoms with Gasteiger partial charge in [0.1, 0.15) is 11.8 Å². The third-order valence-electron chi connectivity index (χ3n) is 3.31. The van der Waals surface area contributed by atoms with Crippen molar-refractivity contribution in [1.82, 2.24) is 5.32 Å². The zero-order valence-corrected chi connectivity index (χ0v) is 12.1. The highest BCUT2D eigenvalue weighted by atomic mass is 16.5. The van der Waals surface area contributed by atoms with E-state index in [1.165, 1.54) is 0 Å². The third-order valence-corrected chi connectivity index (χ3v) is 3.31. The Morgan fingerprint density at radius 3 is 2.57 bits per heavy atom. The topological polar surface area (TPSA) is 67.8 Å². The molecule has 0 saturated heterocycles. The van der Waals surface area contributed by atoms with Gasteiger partial charge in [0.25, 0.3) is 0 Å². The van der Waals surface area contributed by atoms with Crippen LogP contribution in [0.15, 0.2) is 36.4 Å². The van der Waals surface area contributed by atoms with Crippen molar-refractivity contribution in [2.75, 3.05) is 27.4 Å². The average molecular weight is 289 g/mol. The first-order valence-electron chi connectivity index (χ1n) is 6.68. The van der Waals surface area contributed by atoms with Crippen LogP contribution in [0, 0.1) is 0 Å². The molecular formula is C16H19NO4. The zero-order valence-electron chi connectivity index (χ0n) is 12.1. The minimum absolute atomic E-state index is 0.467. The second-order valence-corrected chi connectivity index (χ2v) is 4.69. The van der Waals surface area contributed by atoms with Gasteiger partial charge in [-0.3, -0.25) is 10.1 Å². The first-order chi connectivity index (χ1) is 10.2. The fourth-order valence-corrected chi connectivity index (χ4v) is 2.20. The lowest BCUT2D eigenvalue weighted by molar-refractivity contribution is -0.139. The van der Waals surface area contributed by atoms with E-state index in [1.54, 1.807) is 14.2 Å². The van der Waals surface area contributed by atoms with Crippen LogP contribution in [0.5, 0.6) is 5.75 Å². The van der Waals surface area contributed by atoms with Gasteiger partial charge in [0.05, 0.1) is 13.7 Å². The summed E-state index contributed by atoms with van der Waals surface area (Å²) in [4.78, 5) is 11.4. The molecule has 0 radical (unpaired) electrons. The van der Waals surface area contributed by atoms with Gasteiger partial charge >= 0.3 is 5.97 Å². The van der Waals surface area contributed by atoms with Crippen LogP contribution in [0.25, 0.3) is 10.8 Å². The molecule has 0 bridgehead atoms. The van der Waals surface area contributed by atoms with Crippen LogP contribution < -0.4 is 10.1 Å². The molecule has 21 heavy (non-hydrogen) atoms. The number of carbonyl (C=O) groups is 1. The summed E-state index contributed by atoms with van der Waals surface area (Å²) in [5, 5.41) is 14.3. The van der Waals surface area contributed by atoms with E-state index in [9.17, 15) is 9.90 Å². The van der Waals surface area contributed by atoms with Gasteiger partial charge in [-0.05, 0) is 34.5 Å². The Morgan fingerprint density at radius 1 is 1.19 bits per heavy atom. The minimum atomic E-state index is -0.904. The number of carboxylic acid groups (broad SMARTS) is 1. The van der Waals surface area contributed by atoms with Crippen molar-refractivity contribution in [3.63, 3.8) is 0 Å². The molecule has 0 aromatic heterocycles. The lowest BCUT2D eigenvalue weighted by Crippen LogP contribution is -2.31. The monoisotopic (exact) mass is 289 g/mol. The van der Waals surface area contributed by atoms with Gasteiger partial charge in [-0.2, -0.15) is 0 Å². The van der Waals surface area contributed by atoms with Crippen LogP contribution >= 0.6 is 0 Å². The molecule has 5 heteroatoms. The second-order valence-electron chi connectivity index (χ2n) is 4.69. The predicted molar refractivity (Wildman–Crippen MR) is 80.8 cm³/mol. The van der Waals surface area contributed by atoms with E-state index < -0.39 is 12.0 Å². The lowest BCUT2D eigenvalue weighted by Gasteiger charge is -2.15. The molecule has 112 valence electrons. The molecule has 1 atom stereocenters. The van der Waals surface area contributed by atoms with Crippen molar-refractivity contribution >= 4 is 16.7 Å². The number of ether oxygens (including phenoxy) is 2. The van der Waals surface area contributed by atoms with Crippen LogP contribution in [0.2, 0.25) is 0 Å². The van der Waals surface area contributed by atoms with Gasteiger partial charge in [0, 0.05) is 13.7 Å². The smallest absolute Gasteiger partial charge is 0.325 e. The fraction of sp³-hybridized carbons (Fsp3) is 0.312. The van der Waals surface area contributed by atoms with Crippen LogP contribution in [0.4, 0.5) is 0 Å². The van der Waals surface area contributed by atoms with Crippen molar-refractivity contribution < 1.29 is 19.4 Å². The van der Waals surface area contributed by atoms with Crippen LogP contribution in [0.1, 0.15) is 11.6 Å². The number of nitrogens with one attached hydrogen (secondary N) is 1. The summed E-state index contributed by atoms with van der Waals surface area (Å²) in [6.07, 6.45) is 0. The maximum Gasteiger partial charge on any atom is 0.325 e. The summed E-state index contributed by atoms with van der Waals surface area (Å²) in [6, 6.07) is 10.6. The third kappa shape index (κ3) is 3.71. The number of benzene rings is 2. The maximum atomic E-state index is 11.4. The molecule has 2 N–H and O–H groups in total. The number of hydrogen-bond acceptors (Lipinski definition) is 4. The number of aliphatic carboxylic acids is 1. The normalized spacial score (nSPS) is 12.3. The molecule has 0 amide bonds.